The standard InChI is InChI=1S/C8H17NO3Si/c1-4-8(10)9-6-5-7-13(11-2)12-3/h4,13H,1,5-7H2,2-3H3,(H,9,10). The van der Waals surface area contributed by atoms with Crippen LogP contribution in [0.2, 0.25) is 6.04 Å². The summed E-state index contributed by atoms with van der Waals surface area (Å²) < 4.78 is 10.2. The van der Waals surface area contributed by atoms with Gasteiger partial charge in [-0.3, -0.25) is 4.79 Å². The van der Waals surface area contributed by atoms with E-state index in [0.29, 0.717) is 6.54 Å². The highest BCUT2D eigenvalue weighted by Gasteiger charge is 2.07. The van der Waals surface area contributed by atoms with E-state index in [1.165, 1.54) is 6.08 Å². The van der Waals surface area contributed by atoms with Crippen LogP contribution in [0.3, 0.4) is 0 Å². The van der Waals surface area contributed by atoms with Crippen LogP contribution in [0.25, 0.3) is 0 Å². The first-order valence-corrected chi connectivity index (χ1v) is 5.96. The minimum Gasteiger partial charge on any atom is -0.400 e. The van der Waals surface area contributed by atoms with E-state index in [-0.39, 0.29) is 5.91 Å². The van der Waals surface area contributed by atoms with Crippen LogP contribution in [0.4, 0.5) is 0 Å². The molecule has 0 aliphatic heterocycles. The molecule has 0 radical (unpaired) electrons. The first-order valence-electron chi connectivity index (χ1n) is 4.20. The van der Waals surface area contributed by atoms with E-state index in [1.807, 2.05) is 0 Å². The molecule has 0 atom stereocenters. The van der Waals surface area contributed by atoms with Crippen LogP contribution in [-0.2, 0) is 13.6 Å². The average molecular weight is 203 g/mol. The maximum atomic E-state index is 10.7. The van der Waals surface area contributed by atoms with Gasteiger partial charge in [0.25, 0.3) is 0 Å². The Balaban J connectivity index is 3.33. The molecule has 0 aromatic rings. The highest BCUT2D eigenvalue weighted by Crippen LogP contribution is 1.97. The lowest BCUT2D eigenvalue weighted by atomic mass is 10.4. The number of carbonyl (C=O) groups excluding carboxylic acids is 1. The fraction of sp³-hybridized carbons (Fsp3) is 0.625. The third-order valence-electron chi connectivity index (χ3n) is 1.63. The normalized spacial score (nSPS) is 10.1. The lowest BCUT2D eigenvalue weighted by Gasteiger charge is -2.10. The number of rotatable bonds is 7. The molecule has 0 rings (SSSR count). The van der Waals surface area contributed by atoms with E-state index in [2.05, 4.69) is 11.9 Å². The van der Waals surface area contributed by atoms with Crippen molar-refractivity contribution in [1.29, 1.82) is 0 Å². The summed E-state index contributed by atoms with van der Waals surface area (Å²) in [6.07, 6.45) is 2.15. The summed E-state index contributed by atoms with van der Waals surface area (Å²) in [6.45, 7) is 4.01. The molecular formula is C8H17NO3Si. The molecule has 1 N–H and O–H groups in total. The molecule has 0 saturated heterocycles. The van der Waals surface area contributed by atoms with Crippen LogP contribution in [0, 0.1) is 0 Å². The smallest absolute Gasteiger partial charge is 0.320 e. The van der Waals surface area contributed by atoms with Crippen molar-refractivity contribution >= 4 is 15.2 Å². The van der Waals surface area contributed by atoms with Gasteiger partial charge in [0.2, 0.25) is 5.91 Å². The van der Waals surface area contributed by atoms with E-state index in [4.69, 9.17) is 8.85 Å². The number of amides is 1. The van der Waals surface area contributed by atoms with E-state index in [9.17, 15) is 4.79 Å². The summed E-state index contributed by atoms with van der Waals surface area (Å²) >= 11 is 0. The minimum atomic E-state index is -1.44. The quantitative estimate of drug-likeness (QED) is 0.365. The fourth-order valence-corrected chi connectivity index (χ4v) is 2.09. The SMILES string of the molecule is C=CC(=O)NCCC[SiH](OC)OC. The van der Waals surface area contributed by atoms with Gasteiger partial charge in [0.05, 0.1) is 0 Å². The van der Waals surface area contributed by atoms with Crippen molar-refractivity contribution in [2.75, 3.05) is 20.8 Å². The van der Waals surface area contributed by atoms with Gasteiger partial charge >= 0.3 is 9.28 Å². The maximum Gasteiger partial charge on any atom is 0.320 e. The number of hydrogen-bond donors (Lipinski definition) is 1. The van der Waals surface area contributed by atoms with Crippen molar-refractivity contribution in [2.24, 2.45) is 0 Å². The van der Waals surface area contributed by atoms with Crippen LogP contribution in [0.15, 0.2) is 12.7 Å². The van der Waals surface area contributed by atoms with Crippen molar-refractivity contribution in [3.8, 4) is 0 Å². The lowest BCUT2D eigenvalue weighted by molar-refractivity contribution is -0.116. The summed E-state index contributed by atoms with van der Waals surface area (Å²) in [7, 11) is 1.87. The van der Waals surface area contributed by atoms with Crippen molar-refractivity contribution in [3.63, 3.8) is 0 Å². The molecule has 76 valence electrons. The first-order chi connectivity index (χ1) is 6.24. The third-order valence-corrected chi connectivity index (χ3v) is 3.56. The Labute approximate surface area is 80.8 Å². The van der Waals surface area contributed by atoms with Crippen molar-refractivity contribution < 1.29 is 13.6 Å². The Morgan fingerprint density at radius 3 is 2.62 bits per heavy atom. The predicted molar refractivity (Wildman–Crippen MR) is 53.8 cm³/mol. The van der Waals surface area contributed by atoms with Gasteiger partial charge in [0.15, 0.2) is 0 Å². The van der Waals surface area contributed by atoms with Gasteiger partial charge in [0, 0.05) is 20.8 Å². The highest BCUT2D eigenvalue weighted by molar-refractivity contribution is 6.44. The monoisotopic (exact) mass is 203 g/mol. The van der Waals surface area contributed by atoms with Gasteiger partial charge in [-0.05, 0) is 18.5 Å². The molecule has 0 aromatic carbocycles. The summed E-state index contributed by atoms with van der Waals surface area (Å²) in [6, 6.07) is 0.907. The van der Waals surface area contributed by atoms with Crippen molar-refractivity contribution in [1.82, 2.24) is 5.32 Å². The van der Waals surface area contributed by atoms with Crippen LogP contribution >= 0.6 is 0 Å². The predicted octanol–water partition coefficient (Wildman–Crippen LogP) is 0.192. The second-order valence-electron chi connectivity index (χ2n) is 2.54. The van der Waals surface area contributed by atoms with Crippen molar-refractivity contribution in [3.05, 3.63) is 12.7 Å². The van der Waals surface area contributed by atoms with Gasteiger partial charge in [-0.15, -0.1) is 0 Å². The molecule has 0 unspecified atom stereocenters. The topological polar surface area (TPSA) is 47.6 Å². The van der Waals surface area contributed by atoms with Crippen LogP contribution in [0.1, 0.15) is 6.42 Å². The van der Waals surface area contributed by atoms with Crippen LogP contribution in [-0.4, -0.2) is 36.0 Å². The second kappa shape index (κ2) is 7.97. The molecule has 4 nitrogen and oxygen atoms in total. The molecule has 0 aliphatic rings. The summed E-state index contributed by atoms with van der Waals surface area (Å²) in [5.41, 5.74) is 0. The summed E-state index contributed by atoms with van der Waals surface area (Å²) in [5, 5.41) is 2.69. The van der Waals surface area contributed by atoms with E-state index < -0.39 is 9.28 Å². The van der Waals surface area contributed by atoms with E-state index in [0.717, 1.165) is 12.5 Å². The number of nitrogens with one attached hydrogen (secondary N) is 1. The average Bonchev–Trinajstić information content (AvgIpc) is 2.18. The maximum absolute atomic E-state index is 10.7. The molecule has 0 aromatic heterocycles. The molecule has 0 saturated carbocycles. The molecule has 0 aliphatic carbocycles. The van der Waals surface area contributed by atoms with Gasteiger partial charge in [-0.1, -0.05) is 6.58 Å². The van der Waals surface area contributed by atoms with E-state index in [1.54, 1.807) is 14.2 Å². The minimum absolute atomic E-state index is 0.131. The zero-order chi connectivity index (χ0) is 10.1. The zero-order valence-electron chi connectivity index (χ0n) is 8.21. The highest BCUT2D eigenvalue weighted by atomic mass is 28.3. The Morgan fingerprint density at radius 1 is 1.54 bits per heavy atom. The largest absolute Gasteiger partial charge is 0.400 e. The lowest BCUT2D eigenvalue weighted by Crippen LogP contribution is -2.25. The molecule has 13 heavy (non-hydrogen) atoms. The Morgan fingerprint density at radius 2 is 2.15 bits per heavy atom. The fourth-order valence-electron chi connectivity index (χ4n) is 0.884. The molecule has 1 amide bonds. The molecule has 0 bridgehead atoms. The van der Waals surface area contributed by atoms with Gasteiger partial charge in [-0.2, -0.15) is 0 Å². The molecule has 0 heterocycles. The molecule has 5 heteroatoms. The second-order valence-corrected chi connectivity index (χ2v) is 4.92. The van der Waals surface area contributed by atoms with Crippen molar-refractivity contribution in [2.45, 2.75) is 12.5 Å². The number of carbonyl (C=O) groups is 1. The van der Waals surface area contributed by atoms with E-state index >= 15 is 0 Å². The zero-order valence-corrected chi connectivity index (χ0v) is 9.36. The first kappa shape index (κ1) is 12.3. The Bertz CT molecular complexity index is 159. The number of hydrogen-bond acceptors (Lipinski definition) is 3. The Hall–Kier alpha value is -0.653. The van der Waals surface area contributed by atoms with Crippen LogP contribution in [0.5, 0.6) is 0 Å². The molecule has 0 fully saturated rings. The van der Waals surface area contributed by atoms with Crippen LogP contribution < -0.4 is 5.32 Å². The third kappa shape index (κ3) is 6.50. The molecule has 0 spiro atoms. The van der Waals surface area contributed by atoms with Gasteiger partial charge in [-0.25, -0.2) is 0 Å². The molecular weight excluding hydrogens is 186 g/mol. The van der Waals surface area contributed by atoms with Gasteiger partial charge in [0.1, 0.15) is 0 Å². The summed E-state index contributed by atoms with van der Waals surface area (Å²) in [4.78, 5) is 10.7. The van der Waals surface area contributed by atoms with Gasteiger partial charge < -0.3 is 14.2 Å². The summed E-state index contributed by atoms with van der Waals surface area (Å²) in [5.74, 6) is -0.131. The Kier molecular flexibility index (Phi) is 7.57.